The third-order valence-electron chi connectivity index (χ3n) is 5.34. The van der Waals surface area contributed by atoms with Gasteiger partial charge in [-0.15, -0.1) is 0 Å². The number of morpholine rings is 1. The van der Waals surface area contributed by atoms with E-state index >= 15 is 0 Å². The second kappa shape index (κ2) is 9.03. The smallest absolute Gasteiger partial charge is 0.410 e. The van der Waals surface area contributed by atoms with Gasteiger partial charge in [0, 0.05) is 6.54 Å². The molecule has 7 nitrogen and oxygen atoms in total. The zero-order valence-electron chi connectivity index (χ0n) is 17.6. The fourth-order valence-corrected chi connectivity index (χ4v) is 3.97. The van der Waals surface area contributed by atoms with E-state index in [1.54, 1.807) is 4.90 Å². The molecule has 0 radical (unpaired) electrons. The lowest BCUT2D eigenvalue weighted by Crippen LogP contribution is -2.65. The molecule has 1 aliphatic carbocycles. The van der Waals surface area contributed by atoms with Crippen molar-refractivity contribution in [2.45, 2.75) is 70.3 Å². The van der Waals surface area contributed by atoms with Crippen LogP contribution in [0.25, 0.3) is 0 Å². The monoisotopic (exact) mass is 404 g/mol. The first-order valence-corrected chi connectivity index (χ1v) is 10.4. The number of nitrogens with zero attached hydrogens (tertiary/aromatic N) is 1. The Morgan fingerprint density at radius 1 is 1.24 bits per heavy atom. The molecule has 1 aromatic rings. The molecule has 2 atom stereocenters. The van der Waals surface area contributed by atoms with Crippen LogP contribution in [-0.2, 0) is 20.8 Å². The molecule has 1 saturated carbocycles. The number of carbonyl (C=O) groups is 2. The lowest BCUT2D eigenvalue weighted by atomic mass is 9.79. The molecule has 0 bridgehead atoms. The number of nitrogens with one attached hydrogen (secondary N) is 1. The molecule has 0 aromatic heterocycles. The Bertz CT molecular complexity index is 699. The van der Waals surface area contributed by atoms with E-state index in [2.05, 4.69) is 5.32 Å². The van der Waals surface area contributed by atoms with Crippen LogP contribution in [0.3, 0.4) is 0 Å². The normalized spacial score (nSPS) is 24.8. The van der Waals surface area contributed by atoms with Crippen molar-refractivity contribution in [3.05, 3.63) is 35.9 Å². The van der Waals surface area contributed by atoms with Gasteiger partial charge in [-0.25, -0.2) is 9.59 Å². The molecule has 1 aromatic carbocycles. The highest BCUT2D eigenvalue weighted by Gasteiger charge is 2.47. The van der Waals surface area contributed by atoms with Gasteiger partial charge in [0.15, 0.2) is 0 Å². The largest absolute Gasteiger partial charge is 0.445 e. The standard InChI is InChI=1S/C22H32N2O5/c1-21(2,3)29-20(26)24-13-14-28-22(16-24)12-8-7-11-18(22)23-19(25)27-15-17-9-5-4-6-10-17/h4-6,9-10,18H,7-8,11-16H2,1-3H3,(H,23,25)/t18-,22+/m0/s1. The Kier molecular flexibility index (Phi) is 6.67. The van der Waals surface area contributed by atoms with E-state index in [9.17, 15) is 9.59 Å². The molecule has 29 heavy (non-hydrogen) atoms. The summed E-state index contributed by atoms with van der Waals surface area (Å²) in [4.78, 5) is 26.7. The zero-order chi connectivity index (χ0) is 20.9. The number of alkyl carbamates (subject to hydrolysis) is 1. The topological polar surface area (TPSA) is 77.1 Å². The van der Waals surface area contributed by atoms with Gasteiger partial charge < -0.3 is 24.4 Å². The molecule has 2 amide bonds. The fourth-order valence-electron chi connectivity index (χ4n) is 3.97. The van der Waals surface area contributed by atoms with Crippen molar-refractivity contribution in [2.24, 2.45) is 0 Å². The van der Waals surface area contributed by atoms with E-state index in [1.807, 2.05) is 51.1 Å². The molecular weight excluding hydrogens is 372 g/mol. The minimum absolute atomic E-state index is 0.204. The molecule has 1 saturated heterocycles. The summed E-state index contributed by atoms with van der Waals surface area (Å²) in [5.41, 5.74) is -0.210. The highest BCUT2D eigenvalue weighted by atomic mass is 16.6. The lowest BCUT2D eigenvalue weighted by Gasteiger charge is -2.49. The van der Waals surface area contributed by atoms with Crippen LogP contribution in [0, 0.1) is 0 Å². The van der Waals surface area contributed by atoms with Gasteiger partial charge in [-0.2, -0.15) is 0 Å². The quantitative estimate of drug-likeness (QED) is 0.828. The summed E-state index contributed by atoms with van der Waals surface area (Å²) in [5, 5.41) is 2.99. The fraction of sp³-hybridized carbons (Fsp3) is 0.636. The summed E-state index contributed by atoms with van der Waals surface area (Å²) < 4.78 is 17.1. The second-order valence-corrected chi connectivity index (χ2v) is 8.82. The van der Waals surface area contributed by atoms with E-state index in [0.29, 0.717) is 19.7 Å². The SMILES string of the molecule is CC(C)(C)OC(=O)N1CCO[C@]2(CCCC[C@@H]2NC(=O)OCc2ccccc2)C1. The number of benzene rings is 1. The second-order valence-electron chi connectivity index (χ2n) is 8.82. The molecule has 0 unspecified atom stereocenters. The Hall–Kier alpha value is -2.28. The Morgan fingerprint density at radius 3 is 2.72 bits per heavy atom. The maximum absolute atomic E-state index is 12.6. The van der Waals surface area contributed by atoms with Crippen LogP contribution in [0.1, 0.15) is 52.0 Å². The van der Waals surface area contributed by atoms with Crippen molar-refractivity contribution in [3.63, 3.8) is 0 Å². The van der Waals surface area contributed by atoms with Crippen LogP contribution in [0.2, 0.25) is 0 Å². The van der Waals surface area contributed by atoms with E-state index in [-0.39, 0.29) is 18.7 Å². The van der Waals surface area contributed by atoms with Crippen molar-refractivity contribution in [1.29, 1.82) is 0 Å². The maximum atomic E-state index is 12.6. The summed E-state index contributed by atoms with van der Waals surface area (Å²) in [7, 11) is 0. The highest BCUT2D eigenvalue weighted by molar-refractivity contribution is 5.69. The maximum Gasteiger partial charge on any atom is 0.410 e. The van der Waals surface area contributed by atoms with E-state index in [4.69, 9.17) is 14.2 Å². The van der Waals surface area contributed by atoms with E-state index < -0.39 is 17.3 Å². The van der Waals surface area contributed by atoms with Crippen LogP contribution < -0.4 is 5.32 Å². The number of carbonyl (C=O) groups excluding carboxylic acids is 2. The van der Waals surface area contributed by atoms with Crippen LogP contribution in [-0.4, -0.2) is 54.0 Å². The molecule has 1 aliphatic heterocycles. The van der Waals surface area contributed by atoms with Gasteiger partial charge >= 0.3 is 12.2 Å². The molecule has 1 spiro atoms. The number of rotatable bonds is 3. The van der Waals surface area contributed by atoms with Crippen molar-refractivity contribution < 1.29 is 23.8 Å². The van der Waals surface area contributed by atoms with Crippen LogP contribution in [0.5, 0.6) is 0 Å². The first kappa shape index (κ1) is 21.4. The molecule has 1 N–H and O–H groups in total. The minimum Gasteiger partial charge on any atom is -0.445 e. The van der Waals surface area contributed by atoms with Gasteiger partial charge in [0.05, 0.1) is 19.2 Å². The van der Waals surface area contributed by atoms with Gasteiger partial charge in [0.1, 0.15) is 17.8 Å². The average molecular weight is 405 g/mol. The van der Waals surface area contributed by atoms with Gasteiger partial charge in [-0.1, -0.05) is 43.2 Å². The molecule has 2 fully saturated rings. The predicted molar refractivity (Wildman–Crippen MR) is 109 cm³/mol. The van der Waals surface area contributed by atoms with Crippen molar-refractivity contribution in [3.8, 4) is 0 Å². The average Bonchev–Trinajstić information content (AvgIpc) is 2.68. The Labute approximate surface area is 172 Å². The minimum atomic E-state index is -0.598. The number of hydrogen-bond acceptors (Lipinski definition) is 5. The third-order valence-corrected chi connectivity index (χ3v) is 5.34. The third kappa shape index (κ3) is 5.85. The summed E-state index contributed by atoms with van der Waals surface area (Å²) in [6.45, 7) is 7.11. The van der Waals surface area contributed by atoms with Crippen molar-refractivity contribution in [2.75, 3.05) is 19.7 Å². The van der Waals surface area contributed by atoms with Gasteiger partial charge in [0.2, 0.25) is 0 Å². The van der Waals surface area contributed by atoms with Crippen LogP contribution in [0.4, 0.5) is 9.59 Å². The zero-order valence-corrected chi connectivity index (χ0v) is 17.6. The van der Waals surface area contributed by atoms with Crippen molar-refractivity contribution >= 4 is 12.2 Å². The van der Waals surface area contributed by atoms with Gasteiger partial charge in [-0.05, 0) is 39.2 Å². The number of ether oxygens (including phenoxy) is 3. The first-order valence-electron chi connectivity index (χ1n) is 10.4. The molecule has 7 heteroatoms. The first-order chi connectivity index (χ1) is 13.8. The summed E-state index contributed by atoms with van der Waals surface area (Å²) in [6, 6.07) is 9.37. The van der Waals surface area contributed by atoms with E-state index in [1.165, 1.54) is 0 Å². The van der Waals surface area contributed by atoms with Gasteiger partial charge in [-0.3, -0.25) is 0 Å². The molecule has 2 aliphatic rings. The number of hydrogen-bond donors (Lipinski definition) is 1. The number of amides is 2. The summed E-state index contributed by atoms with van der Waals surface area (Å²) in [5.74, 6) is 0. The molecule has 3 rings (SSSR count). The van der Waals surface area contributed by atoms with Crippen LogP contribution >= 0.6 is 0 Å². The van der Waals surface area contributed by atoms with E-state index in [0.717, 1.165) is 31.2 Å². The summed E-state index contributed by atoms with van der Waals surface area (Å²) in [6.07, 6.45) is 2.79. The lowest BCUT2D eigenvalue weighted by molar-refractivity contribution is -0.139. The Balaban J connectivity index is 1.61. The molecule has 1 heterocycles. The summed E-state index contributed by atoms with van der Waals surface area (Å²) >= 11 is 0. The van der Waals surface area contributed by atoms with Crippen LogP contribution in [0.15, 0.2) is 30.3 Å². The Morgan fingerprint density at radius 2 is 2.00 bits per heavy atom. The predicted octanol–water partition coefficient (Wildman–Crippen LogP) is 3.86. The molecular formula is C22H32N2O5. The highest BCUT2D eigenvalue weighted by Crippen LogP contribution is 2.35. The molecule has 160 valence electrons. The van der Waals surface area contributed by atoms with Gasteiger partial charge in [0.25, 0.3) is 0 Å². The van der Waals surface area contributed by atoms with Crippen molar-refractivity contribution in [1.82, 2.24) is 10.2 Å².